The summed E-state index contributed by atoms with van der Waals surface area (Å²) in [6.45, 7) is 24.9. The minimum atomic E-state index is -0.247. The van der Waals surface area contributed by atoms with Gasteiger partial charge in [-0.1, -0.05) is 184 Å². The van der Waals surface area contributed by atoms with Gasteiger partial charge in [-0.25, -0.2) is 4.98 Å². The van der Waals surface area contributed by atoms with Crippen LogP contribution in [0.15, 0.2) is 182 Å². The molecule has 5 nitrogen and oxygen atoms in total. The number of nitrogens with zero attached hydrogens (tertiary/aromatic N) is 4. The van der Waals surface area contributed by atoms with Crippen molar-refractivity contribution in [2.45, 2.75) is 90.9 Å². The van der Waals surface area contributed by atoms with Crippen molar-refractivity contribution >= 4 is 33.2 Å². The van der Waals surface area contributed by atoms with E-state index in [1.165, 1.54) is 33.4 Å². The Morgan fingerprint density at radius 2 is 1.04 bits per heavy atom. The molecule has 70 heavy (non-hydrogen) atoms. The van der Waals surface area contributed by atoms with Gasteiger partial charge in [-0.3, -0.25) is 0 Å². The molecule has 0 fully saturated rings. The van der Waals surface area contributed by atoms with Crippen LogP contribution in [0.3, 0.4) is 0 Å². The van der Waals surface area contributed by atoms with Crippen LogP contribution in [-0.2, 0) is 42.7 Å². The second kappa shape index (κ2) is 18.6. The van der Waals surface area contributed by atoms with Gasteiger partial charge >= 0.3 is 0 Å². The van der Waals surface area contributed by atoms with Gasteiger partial charge in [0.25, 0.3) is 0 Å². The number of aromatic nitrogens is 2. The Hall–Kier alpha value is -6.68. The molecule has 10 rings (SSSR count). The second-order valence-electron chi connectivity index (χ2n) is 21.6. The zero-order valence-corrected chi connectivity index (χ0v) is 44.2. The van der Waals surface area contributed by atoms with Crippen LogP contribution in [-0.4, -0.2) is 9.55 Å². The summed E-state index contributed by atoms with van der Waals surface area (Å²) >= 11 is 0. The second-order valence-corrected chi connectivity index (χ2v) is 21.6. The topological polar surface area (TPSA) is 33.5 Å². The van der Waals surface area contributed by atoms with Gasteiger partial charge in [0.15, 0.2) is 0 Å². The fraction of sp³-hybridized carbons (Fsp3) is 0.219. The normalized spacial score (nSPS) is 13.3. The summed E-state index contributed by atoms with van der Waals surface area (Å²) in [5, 5.41) is 2.24. The van der Waals surface area contributed by atoms with Gasteiger partial charge in [-0.05, 0) is 97.9 Å². The first-order valence-corrected chi connectivity index (χ1v) is 24.1. The summed E-state index contributed by atoms with van der Waals surface area (Å²) in [4.78, 5) is 9.31. The standard InChI is InChI=1S/C64H61N4O.Pt/c1-61(2,3)48-26-28-56-57-29-27-54(42-59(57)68(58(56)39-48)60-40-49(30-31-65-60)62(4,5)6)69-55-35-45(44-20-14-11-15-21-44)34-52(41-55)66-32-33-67(43-66)53-37-50(63(7,8)46-22-16-12-17-23-46)36-51(38-53)64(9,10)47-24-18-13-19-25-47;/h11-40,43H,1-10H3;/q-3;. The number of ether oxygens (including phenoxy) is 1. The number of anilines is 2. The van der Waals surface area contributed by atoms with Crippen LogP contribution in [0.5, 0.6) is 11.5 Å². The van der Waals surface area contributed by atoms with Crippen LogP contribution in [0, 0.1) is 18.8 Å². The minimum absolute atomic E-state index is 0. The fourth-order valence-electron chi connectivity index (χ4n) is 9.51. The molecule has 0 radical (unpaired) electrons. The minimum Gasteiger partial charge on any atom is -0.509 e. The van der Waals surface area contributed by atoms with Crippen molar-refractivity contribution in [1.82, 2.24) is 9.55 Å². The van der Waals surface area contributed by atoms with Crippen LogP contribution in [0.1, 0.15) is 103 Å². The van der Waals surface area contributed by atoms with Crippen molar-refractivity contribution in [2.75, 3.05) is 9.80 Å². The number of pyridine rings is 1. The van der Waals surface area contributed by atoms with E-state index >= 15 is 0 Å². The molecule has 0 unspecified atom stereocenters. The van der Waals surface area contributed by atoms with Crippen LogP contribution < -0.4 is 14.5 Å². The van der Waals surface area contributed by atoms with E-state index in [0.717, 1.165) is 50.1 Å². The quantitative estimate of drug-likeness (QED) is 0.128. The molecule has 356 valence electrons. The SMILES string of the molecule is CC(C)(C)c1ccnc(-n2c3[c-]c(Oc4[c-]c(N5C=CN(c6cc(C(C)(C)c7ccccc7)cc(C(C)(C)c7ccccc7)c6)[CH-]5)cc(-c5ccccc5)c4)ccc3c3ccc(C(C)(C)C)cc32)c1.[Pt]. The zero-order valence-electron chi connectivity index (χ0n) is 41.9. The smallest absolute Gasteiger partial charge is 0.135 e. The predicted octanol–water partition coefficient (Wildman–Crippen LogP) is 16.4. The van der Waals surface area contributed by atoms with E-state index in [0.29, 0.717) is 11.5 Å². The van der Waals surface area contributed by atoms with Crippen LogP contribution in [0.2, 0.25) is 0 Å². The van der Waals surface area contributed by atoms with Gasteiger partial charge in [-0.15, -0.1) is 53.6 Å². The third-order valence-corrected chi connectivity index (χ3v) is 14.1. The maximum Gasteiger partial charge on any atom is 0.135 e. The molecule has 1 aliphatic rings. The molecule has 0 bridgehead atoms. The van der Waals surface area contributed by atoms with Crippen molar-refractivity contribution in [2.24, 2.45) is 0 Å². The molecule has 0 N–H and O–H groups in total. The summed E-state index contributed by atoms with van der Waals surface area (Å²) in [7, 11) is 0. The first-order chi connectivity index (χ1) is 32.9. The number of hydrogen-bond donors (Lipinski definition) is 0. The maximum absolute atomic E-state index is 6.87. The van der Waals surface area contributed by atoms with Crippen molar-refractivity contribution in [1.29, 1.82) is 0 Å². The van der Waals surface area contributed by atoms with Crippen LogP contribution in [0.25, 0.3) is 38.8 Å². The average molecular weight is 1100 g/mol. The van der Waals surface area contributed by atoms with Crippen molar-refractivity contribution in [3.8, 4) is 28.4 Å². The van der Waals surface area contributed by atoms with E-state index in [-0.39, 0.29) is 42.7 Å². The number of hydrogen-bond acceptors (Lipinski definition) is 4. The molecular weight excluding hydrogens is 1040 g/mol. The van der Waals surface area contributed by atoms with E-state index in [2.05, 4.69) is 266 Å². The molecule has 7 aromatic carbocycles. The Bertz CT molecular complexity index is 3290. The van der Waals surface area contributed by atoms with Crippen LogP contribution in [0.4, 0.5) is 11.4 Å². The van der Waals surface area contributed by atoms with E-state index in [9.17, 15) is 0 Å². The Labute approximate surface area is 429 Å². The number of fused-ring (bicyclic) bond motifs is 3. The van der Waals surface area contributed by atoms with Gasteiger partial charge in [0.2, 0.25) is 0 Å². The van der Waals surface area contributed by atoms with Gasteiger partial charge in [-0.2, -0.15) is 6.07 Å². The third-order valence-electron chi connectivity index (χ3n) is 14.1. The van der Waals surface area contributed by atoms with Crippen molar-refractivity contribution in [3.63, 3.8) is 0 Å². The van der Waals surface area contributed by atoms with Crippen LogP contribution >= 0.6 is 0 Å². The molecule has 3 heterocycles. The van der Waals surface area contributed by atoms with E-state index in [1.54, 1.807) is 0 Å². The largest absolute Gasteiger partial charge is 0.509 e. The summed E-state index contributed by atoms with van der Waals surface area (Å²) in [5.41, 5.74) is 13.0. The van der Waals surface area contributed by atoms with E-state index in [4.69, 9.17) is 9.72 Å². The summed E-state index contributed by atoms with van der Waals surface area (Å²) in [5.74, 6) is 2.04. The molecule has 0 atom stereocenters. The van der Waals surface area contributed by atoms with E-state index in [1.807, 2.05) is 18.3 Å². The van der Waals surface area contributed by atoms with Crippen molar-refractivity contribution in [3.05, 3.63) is 235 Å². The maximum atomic E-state index is 6.87. The van der Waals surface area contributed by atoms with Gasteiger partial charge < -0.3 is 19.1 Å². The Morgan fingerprint density at radius 3 is 1.66 bits per heavy atom. The molecule has 0 amide bonds. The molecular formula is C64H61N4OPt-3. The Kier molecular flexibility index (Phi) is 12.8. The first kappa shape index (κ1) is 48.3. The molecule has 0 saturated heterocycles. The predicted molar refractivity (Wildman–Crippen MR) is 288 cm³/mol. The molecule has 0 spiro atoms. The molecule has 1 aliphatic heterocycles. The first-order valence-electron chi connectivity index (χ1n) is 24.1. The summed E-state index contributed by atoms with van der Waals surface area (Å²) in [6.07, 6.45) is 6.15. The van der Waals surface area contributed by atoms with Gasteiger partial charge in [0.05, 0.1) is 0 Å². The molecule has 2 aromatic heterocycles. The van der Waals surface area contributed by atoms with Gasteiger partial charge in [0, 0.05) is 60.8 Å². The Balaban J connectivity index is 0.00000608. The Morgan fingerprint density at radius 1 is 0.471 bits per heavy atom. The average Bonchev–Trinajstić information content (AvgIpc) is 3.98. The molecule has 0 aliphatic carbocycles. The zero-order chi connectivity index (χ0) is 48.3. The van der Waals surface area contributed by atoms with E-state index < -0.39 is 0 Å². The number of rotatable bonds is 10. The number of benzene rings is 7. The van der Waals surface area contributed by atoms with Gasteiger partial charge in [0.1, 0.15) is 5.82 Å². The summed E-state index contributed by atoms with van der Waals surface area (Å²) < 4.78 is 9.12. The van der Waals surface area contributed by atoms with Crippen molar-refractivity contribution < 1.29 is 25.8 Å². The molecule has 9 aromatic rings. The summed E-state index contributed by atoms with van der Waals surface area (Å²) in [6, 6.07) is 66.1. The molecule has 6 heteroatoms. The molecule has 0 saturated carbocycles. The third kappa shape index (κ3) is 9.37. The monoisotopic (exact) mass is 1100 g/mol. The fourth-order valence-corrected chi connectivity index (χ4v) is 9.51.